The molecule has 1 saturated heterocycles. The zero-order chi connectivity index (χ0) is 15.8. The third kappa shape index (κ3) is 4.64. The van der Waals surface area contributed by atoms with Gasteiger partial charge in [0.2, 0.25) is 5.95 Å². The van der Waals surface area contributed by atoms with Crippen molar-refractivity contribution in [2.75, 3.05) is 51.0 Å². The second kappa shape index (κ2) is 8.65. The predicted molar refractivity (Wildman–Crippen MR) is 83.2 cm³/mol. The Morgan fingerprint density at radius 1 is 1.45 bits per heavy atom. The molecule has 0 saturated carbocycles. The van der Waals surface area contributed by atoms with E-state index in [1.54, 1.807) is 6.20 Å². The van der Waals surface area contributed by atoms with Crippen LogP contribution in [-0.4, -0.2) is 61.9 Å². The lowest BCUT2D eigenvalue weighted by atomic mass is 10.2. The third-order valence-corrected chi connectivity index (χ3v) is 3.46. The number of anilines is 1. The molecule has 1 aromatic heterocycles. The highest BCUT2D eigenvalue weighted by molar-refractivity contribution is 5.94. The van der Waals surface area contributed by atoms with Crippen LogP contribution in [-0.2, 0) is 9.47 Å². The maximum Gasteiger partial charge on any atom is 0.254 e. The van der Waals surface area contributed by atoms with Crippen LogP contribution in [0.1, 0.15) is 29.4 Å². The summed E-state index contributed by atoms with van der Waals surface area (Å²) in [5.41, 5.74) is 1.22. The van der Waals surface area contributed by atoms with Gasteiger partial charge in [-0.2, -0.15) is 0 Å². The lowest BCUT2D eigenvalue weighted by Gasteiger charge is -2.27. The van der Waals surface area contributed by atoms with E-state index in [4.69, 9.17) is 9.47 Å². The zero-order valence-electron chi connectivity index (χ0n) is 13.3. The van der Waals surface area contributed by atoms with Crippen LogP contribution in [0.2, 0.25) is 0 Å². The van der Waals surface area contributed by atoms with Crippen molar-refractivity contribution < 1.29 is 14.3 Å². The number of hydrogen-bond acceptors (Lipinski definition) is 6. The van der Waals surface area contributed by atoms with E-state index in [0.29, 0.717) is 50.2 Å². The number of morpholine rings is 1. The first kappa shape index (κ1) is 16.6. The molecule has 0 atom stereocenters. The highest BCUT2D eigenvalue weighted by Crippen LogP contribution is 2.12. The highest BCUT2D eigenvalue weighted by Gasteiger charge is 2.16. The first-order chi connectivity index (χ1) is 10.7. The quantitative estimate of drug-likeness (QED) is 0.750. The van der Waals surface area contributed by atoms with Crippen molar-refractivity contribution in [3.05, 3.63) is 17.5 Å². The number of amides is 1. The number of aromatic nitrogens is 2. The molecule has 22 heavy (non-hydrogen) atoms. The normalized spacial score (nSPS) is 14.9. The topological polar surface area (TPSA) is 76.6 Å². The number of aryl methyl sites for hydroxylation is 1. The van der Waals surface area contributed by atoms with Gasteiger partial charge in [-0.1, -0.05) is 0 Å². The van der Waals surface area contributed by atoms with Crippen LogP contribution < -0.4 is 10.2 Å². The van der Waals surface area contributed by atoms with Gasteiger partial charge in [0, 0.05) is 39.0 Å². The Bertz CT molecular complexity index is 490. The lowest BCUT2D eigenvalue weighted by molar-refractivity contribution is 0.0942. The van der Waals surface area contributed by atoms with Crippen molar-refractivity contribution in [3.63, 3.8) is 0 Å². The molecule has 122 valence electrons. The number of ether oxygens (including phenoxy) is 2. The maximum absolute atomic E-state index is 12.1. The summed E-state index contributed by atoms with van der Waals surface area (Å²) in [4.78, 5) is 23.0. The van der Waals surface area contributed by atoms with Gasteiger partial charge in [-0.25, -0.2) is 9.97 Å². The molecule has 0 aliphatic carbocycles. The second-order valence-electron chi connectivity index (χ2n) is 5.07. The minimum absolute atomic E-state index is 0.137. The number of carbonyl (C=O) groups excluding carboxylic acids is 1. The van der Waals surface area contributed by atoms with Crippen molar-refractivity contribution in [1.82, 2.24) is 15.3 Å². The van der Waals surface area contributed by atoms with E-state index in [1.807, 2.05) is 13.8 Å². The van der Waals surface area contributed by atoms with Crippen LogP contribution in [0.25, 0.3) is 0 Å². The Hall–Kier alpha value is -1.73. The Morgan fingerprint density at radius 2 is 2.23 bits per heavy atom. The van der Waals surface area contributed by atoms with Gasteiger partial charge in [-0.3, -0.25) is 4.79 Å². The van der Waals surface area contributed by atoms with Crippen molar-refractivity contribution in [2.24, 2.45) is 0 Å². The van der Waals surface area contributed by atoms with Gasteiger partial charge in [0.15, 0.2) is 0 Å². The van der Waals surface area contributed by atoms with Crippen molar-refractivity contribution in [2.45, 2.75) is 20.3 Å². The average Bonchev–Trinajstić information content (AvgIpc) is 2.55. The second-order valence-corrected chi connectivity index (χ2v) is 5.07. The van der Waals surface area contributed by atoms with Crippen LogP contribution >= 0.6 is 0 Å². The molecule has 0 unspecified atom stereocenters. The van der Waals surface area contributed by atoms with Crippen LogP contribution in [0.15, 0.2) is 6.20 Å². The molecule has 1 amide bonds. The number of rotatable bonds is 7. The minimum atomic E-state index is -0.137. The summed E-state index contributed by atoms with van der Waals surface area (Å²) >= 11 is 0. The third-order valence-electron chi connectivity index (χ3n) is 3.46. The molecular formula is C15H24N4O3. The largest absolute Gasteiger partial charge is 0.382 e. The first-order valence-electron chi connectivity index (χ1n) is 7.74. The molecule has 2 heterocycles. The van der Waals surface area contributed by atoms with Crippen LogP contribution in [0.3, 0.4) is 0 Å². The van der Waals surface area contributed by atoms with Crippen LogP contribution in [0, 0.1) is 6.92 Å². The van der Waals surface area contributed by atoms with E-state index in [0.717, 1.165) is 19.5 Å². The molecule has 0 aromatic carbocycles. The molecule has 7 nitrogen and oxygen atoms in total. The fourth-order valence-electron chi connectivity index (χ4n) is 2.21. The zero-order valence-corrected chi connectivity index (χ0v) is 13.3. The number of nitrogens with zero attached hydrogens (tertiary/aromatic N) is 3. The Labute approximate surface area is 131 Å². The molecule has 7 heteroatoms. The van der Waals surface area contributed by atoms with Gasteiger partial charge < -0.3 is 19.7 Å². The Morgan fingerprint density at radius 3 is 2.91 bits per heavy atom. The number of nitrogens with one attached hydrogen (secondary N) is 1. The monoisotopic (exact) mass is 308 g/mol. The van der Waals surface area contributed by atoms with Crippen molar-refractivity contribution in [1.29, 1.82) is 0 Å². The van der Waals surface area contributed by atoms with Gasteiger partial charge >= 0.3 is 0 Å². The SMILES string of the molecule is CCOCCCNC(=O)c1cnc(N2CCOCC2)nc1C. The molecule has 1 aliphatic heterocycles. The molecule has 1 N–H and O–H groups in total. The van der Waals surface area contributed by atoms with E-state index >= 15 is 0 Å². The van der Waals surface area contributed by atoms with Crippen LogP contribution in [0.5, 0.6) is 0 Å². The minimum Gasteiger partial charge on any atom is -0.382 e. The molecule has 2 rings (SSSR count). The van der Waals surface area contributed by atoms with E-state index < -0.39 is 0 Å². The predicted octanol–water partition coefficient (Wildman–Crippen LogP) is 0.778. The summed E-state index contributed by atoms with van der Waals surface area (Å²) in [5, 5.41) is 2.87. The maximum atomic E-state index is 12.1. The van der Waals surface area contributed by atoms with Gasteiger partial charge in [-0.05, 0) is 20.3 Å². The van der Waals surface area contributed by atoms with E-state index in [2.05, 4.69) is 20.2 Å². The fraction of sp³-hybridized carbons (Fsp3) is 0.667. The molecule has 1 aliphatic rings. The molecule has 1 fully saturated rings. The number of carbonyl (C=O) groups is 1. The van der Waals surface area contributed by atoms with E-state index in [9.17, 15) is 4.79 Å². The molecule has 0 bridgehead atoms. The Balaban J connectivity index is 1.89. The summed E-state index contributed by atoms with van der Waals surface area (Å²) in [6.45, 7) is 8.66. The molecule has 0 radical (unpaired) electrons. The van der Waals surface area contributed by atoms with Gasteiger partial charge in [-0.15, -0.1) is 0 Å². The average molecular weight is 308 g/mol. The molecule has 1 aromatic rings. The smallest absolute Gasteiger partial charge is 0.254 e. The lowest BCUT2D eigenvalue weighted by Crippen LogP contribution is -2.37. The fourth-order valence-corrected chi connectivity index (χ4v) is 2.21. The van der Waals surface area contributed by atoms with E-state index in [1.165, 1.54) is 0 Å². The van der Waals surface area contributed by atoms with Crippen molar-refractivity contribution >= 4 is 11.9 Å². The van der Waals surface area contributed by atoms with Gasteiger partial charge in [0.1, 0.15) is 0 Å². The standard InChI is InChI=1S/C15H24N4O3/c1-3-21-8-4-5-16-14(20)13-11-17-15(18-12(13)2)19-6-9-22-10-7-19/h11H,3-10H2,1-2H3,(H,16,20). The summed E-state index contributed by atoms with van der Waals surface area (Å²) in [6.07, 6.45) is 2.40. The summed E-state index contributed by atoms with van der Waals surface area (Å²) < 4.78 is 10.5. The number of hydrogen-bond donors (Lipinski definition) is 1. The van der Waals surface area contributed by atoms with Crippen LogP contribution in [0.4, 0.5) is 5.95 Å². The Kier molecular flexibility index (Phi) is 6.54. The summed E-state index contributed by atoms with van der Waals surface area (Å²) in [5.74, 6) is 0.524. The summed E-state index contributed by atoms with van der Waals surface area (Å²) in [6, 6.07) is 0. The molecular weight excluding hydrogens is 284 g/mol. The van der Waals surface area contributed by atoms with Gasteiger partial charge in [0.05, 0.1) is 24.5 Å². The highest BCUT2D eigenvalue weighted by atomic mass is 16.5. The van der Waals surface area contributed by atoms with Gasteiger partial charge in [0.25, 0.3) is 5.91 Å². The molecule has 0 spiro atoms. The van der Waals surface area contributed by atoms with E-state index in [-0.39, 0.29) is 5.91 Å². The first-order valence-corrected chi connectivity index (χ1v) is 7.74. The summed E-state index contributed by atoms with van der Waals surface area (Å²) in [7, 11) is 0. The van der Waals surface area contributed by atoms with Crippen molar-refractivity contribution in [3.8, 4) is 0 Å².